The van der Waals surface area contributed by atoms with Gasteiger partial charge in [0.2, 0.25) is 17.7 Å². The highest BCUT2D eigenvalue weighted by Gasteiger charge is 2.76. The zero-order chi connectivity index (χ0) is 27.5. The molecule has 4 fully saturated rings. The van der Waals surface area contributed by atoms with Crippen molar-refractivity contribution in [2.45, 2.75) is 101 Å². The van der Waals surface area contributed by atoms with Gasteiger partial charge < -0.3 is 20.3 Å². The van der Waals surface area contributed by atoms with Crippen LogP contribution < -0.4 is 10.6 Å². The Hall–Kier alpha value is -2.09. The highest BCUT2D eigenvalue weighted by Crippen LogP contribution is 2.60. The van der Waals surface area contributed by atoms with Crippen molar-refractivity contribution in [3.05, 3.63) is 40.4 Å². The monoisotopic (exact) mass is 573 g/mol. The summed E-state index contributed by atoms with van der Waals surface area (Å²) in [4.78, 5) is 44.3. The minimum atomic E-state index is -1.18. The van der Waals surface area contributed by atoms with Crippen LogP contribution in [0.2, 0.25) is 10.0 Å². The Morgan fingerprint density at radius 2 is 1.69 bits per heavy atom. The molecule has 2 saturated heterocycles. The molecule has 39 heavy (non-hydrogen) atoms. The Balaban J connectivity index is 1.36. The summed E-state index contributed by atoms with van der Waals surface area (Å²) in [5.74, 6) is -1.95. The number of likely N-dealkylation sites (tertiary alicyclic amines) is 1. The number of halogens is 2. The molecule has 6 rings (SSSR count). The summed E-state index contributed by atoms with van der Waals surface area (Å²) >= 11 is 12.3. The Morgan fingerprint density at radius 3 is 2.41 bits per heavy atom. The van der Waals surface area contributed by atoms with Gasteiger partial charge in [0.15, 0.2) is 0 Å². The smallest absolute Gasteiger partial charge is 0.246 e. The van der Waals surface area contributed by atoms with Gasteiger partial charge in [-0.25, -0.2) is 0 Å². The molecule has 1 aromatic carbocycles. The summed E-state index contributed by atoms with van der Waals surface area (Å²) < 4.78 is 6.69. The van der Waals surface area contributed by atoms with Crippen LogP contribution in [0.25, 0.3) is 0 Å². The van der Waals surface area contributed by atoms with E-state index >= 15 is 0 Å². The molecule has 9 heteroatoms. The Morgan fingerprint density at radius 1 is 0.974 bits per heavy atom. The van der Waals surface area contributed by atoms with Gasteiger partial charge in [-0.15, -0.1) is 0 Å². The minimum Gasteiger partial charge on any atom is -0.356 e. The van der Waals surface area contributed by atoms with E-state index in [1.807, 2.05) is 24.0 Å². The van der Waals surface area contributed by atoms with Crippen LogP contribution in [0.15, 0.2) is 30.4 Å². The molecule has 2 saturated carbocycles. The van der Waals surface area contributed by atoms with E-state index in [-0.39, 0.29) is 35.7 Å². The first-order chi connectivity index (χ1) is 18.6. The molecule has 3 aliphatic heterocycles. The lowest BCUT2D eigenvalue weighted by molar-refractivity contribution is -0.149. The molecule has 5 unspecified atom stereocenters. The van der Waals surface area contributed by atoms with Crippen LogP contribution in [0.5, 0.6) is 0 Å². The Bertz CT molecular complexity index is 1220. The van der Waals surface area contributed by atoms with Crippen molar-refractivity contribution in [2.24, 2.45) is 17.8 Å². The molecule has 7 atom stereocenters. The highest BCUT2D eigenvalue weighted by molar-refractivity contribution is 6.42. The maximum Gasteiger partial charge on any atom is 0.246 e. The summed E-state index contributed by atoms with van der Waals surface area (Å²) in [5.41, 5.74) is -1.69. The maximum atomic E-state index is 14.4. The molecule has 0 radical (unpaired) electrons. The van der Waals surface area contributed by atoms with Crippen LogP contribution in [0.1, 0.15) is 71.6 Å². The van der Waals surface area contributed by atoms with E-state index in [2.05, 4.69) is 17.6 Å². The predicted octanol–water partition coefficient (Wildman–Crippen LogP) is 5.50. The van der Waals surface area contributed by atoms with Gasteiger partial charge in [0.05, 0.1) is 27.5 Å². The fourth-order valence-corrected chi connectivity index (χ4v) is 8.25. The molecule has 3 heterocycles. The first-order valence-electron chi connectivity index (χ1n) is 14.4. The second-order valence-corrected chi connectivity index (χ2v) is 13.2. The number of benzene rings is 1. The van der Waals surface area contributed by atoms with E-state index in [0.29, 0.717) is 15.7 Å². The van der Waals surface area contributed by atoms with Crippen LogP contribution in [-0.2, 0) is 19.1 Å². The average molecular weight is 575 g/mol. The van der Waals surface area contributed by atoms with Crippen LogP contribution in [0.3, 0.4) is 0 Å². The van der Waals surface area contributed by atoms with Gasteiger partial charge in [-0.2, -0.15) is 0 Å². The molecule has 7 nitrogen and oxygen atoms in total. The van der Waals surface area contributed by atoms with E-state index in [4.69, 9.17) is 27.9 Å². The average Bonchev–Trinajstić information content (AvgIpc) is 3.48. The van der Waals surface area contributed by atoms with E-state index < -0.39 is 29.1 Å². The number of nitrogens with zero attached hydrogens (tertiary/aromatic N) is 1. The quantitative estimate of drug-likeness (QED) is 0.455. The fourth-order valence-electron chi connectivity index (χ4n) is 7.96. The second kappa shape index (κ2) is 10.1. The molecular weight excluding hydrogens is 537 g/mol. The third kappa shape index (κ3) is 4.40. The number of rotatable bonds is 5. The number of ether oxygens (including phenoxy) is 1. The van der Waals surface area contributed by atoms with Gasteiger partial charge in [-0.1, -0.05) is 74.4 Å². The maximum absolute atomic E-state index is 14.4. The number of fused-ring (bicyclic) bond motifs is 1. The van der Waals surface area contributed by atoms with Crippen LogP contribution >= 0.6 is 23.2 Å². The summed E-state index contributed by atoms with van der Waals surface area (Å²) in [6.45, 7) is 4.01. The van der Waals surface area contributed by atoms with E-state index in [9.17, 15) is 14.4 Å². The lowest BCUT2D eigenvalue weighted by atomic mass is 9.70. The lowest BCUT2D eigenvalue weighted by Crippen LogP contribution is -2.59. The normalized spacial score (nSPS) is 37.7. The van der Waals surface area contributed by atoms with Crippen molar-refractivity contribution >= 4 is 46.6 Å². The standard InChI is InChI=1S/C30H37Cl2N3O4/c1-17-8-6-7-11-22(17)35-25(27(37)33-18-9-4-3-5-10-18)30-15-14-29(2,39-30)23(24(30)28(35)38)26(36)34-19-12-13-20(31)21(32)16-19/h12-18,22-25H,3-11H2,1-2H3,(H,33,37)(H,34,36)/t17?,22?,23?,24-,25?,29-,30?/m0/s1. The van der Waals surface area contributed by atoms with Crippen molar-refractivity contribution < 1.29 is 19.1 Å². The summed E-state index contributed by atoms with van der Waals surface area (Å²) in [7, 11) is 0. The number of carbonyl (C=O) groups is 3. The van der Waals surface area contributed by atoms with Crippen molar-refractivity contribution in [2.75, 3.05) is 5.32 Å². The fraction of sp³-hybridized carbons (Fsp3) is 0.633. The molecular formula is C30H37Cl2N3O4. The zero-order valence-electron chi connectivity index (χ0n) is 22.6. The van der Waals surface area contributed by atoms with Crippen LogP contribution in [0.4, 0.5) is 5.69 Å². The van der Waals surface area contributed by atoms with Crippen molar-refractivity contribution in [3.8, 4) is 0 Å². The number of carbonyl (C=O) groups excluding carboxylic acids is 3. The first kappa shape index (κ1) is 27.1. The molecule has 2 N–H and O–H groups in total. The second-order valence-electron chi connectivity index (χ2n) is 12.4. The van der Waals surface area contributed by atoms with Gasteiger partial charge in [-0.3, -0.25) is 14.4 Å². The summed E-state index contributed by atoms with van der Waals surface area (Å²) in [5, 5.41) is 6.95. The third-order valence-corrected chi connectivity index (χ3v) is 10.6. The van der Waals surface area contributed by atoms with Gasteiger partial charge in [-0.05, 0) is 56.7 Å². The van der Waals surface area contributed by atoms with E-state index in [1.165, 1.54) is 6.42 Å². The Labute approximate surface area is 240 Å². The van der Waals surface area contributed by atoms with Gasteiger partial charge >= 0.3 is 0 Å². The molecule has 210 valence electrons. The molecule has 1 spiro atoms. The number of hydrogen-bond acceptors (Lipinski definition) is 4. The SMILES string of the molecule is CC1CCCCC1N1C(=O)[C@@H]2C(C(=O)Nc3ccc(Cl)c(Cl)c3)[C@]3(C)C=CC2(O3)C1C(=O)NC1CCCCC1. The summed E-state index contributed by atoms with van der Waals surface area (Å²) in [6, 6.07) is 4.14. The van der Waals surface area contributed by atoms with Crippen LogP contribution in [0, 0.1) is 17.8 Å². The zero-order valence-corrected chi connectivity index (χ0v) is 24.1. The van der Waals surface area contributed by atoms with E-state index in [0.717, 1.165) is 51.4 Å². The lowest BCUT2D eigenvalue weighted by Gasteiger charge is -2.42. The molecule has 1 aromatic rings. The largest absolute Gasteiger partial charge is 0.356 e. The molecule has 2 aliphatic carbocycles. The number of amides is 3. The summed E-state index contributed by atoms with van der Waals surface area (Å²) in [6.07, 6.45) is 13.1. The molecule has 2 bridgehead atoms. The number of nitrogens with one attached hydrogen (secondary N) is 2. The van der Waals surface area contributed by atoms with Crippen molar-refractivity contribution in [1.29, 1.82) is 0 Å². The minimum absolute atomic E-state index is 0.0593. The first-order valence-corrected chi connectivity index (χ1v) is 15.2. The van der Waals surface area contributed by atoms with Gasteiger partial charge in [0, 0.05) is 17.8 Å². The van der Waals surface area contributed by atoms with Crippen molar-refractivity contribution in [3.63, 3.8) is 0 Å². The Kier molecular flexibility index (Phi) is 7.00. The van der Waals surface area contributed by atoms with E-state index in [1.54, 1.807) is 18.2 Å². The molecule has 0 aromatic heterocycles. The van der Waals surface area contributed by atoms with Crippen molar-refractivity contribution in [1.82, 2.24) is 10.2 Å². The molecule has 3 amide bonds. The predicted molar refractivity (Wildman–Crippen MR) is 151 cm³/mol. The number of anilines is 1. The third-order valence-electron chi connectivity index (χ3n) is 9.83. The van der Waals surface area contributed by atoms with Gasteiger partial charge in [0.25, 0.3) is 0 Å². The topological polar surface area (TPSA) is 87.7 Å². The number of hydrogen-bond donors (Lipinski definition) is 2. The van der Waals surface area contributed by atoms with Crippen LogP contribution in [-0.4, -0.2) is 51.9 Å². The van der Waals surface area contributed by atoms with Gasteiger partial charge in [0.1, 0.15) is 11.6 Å². The molecule has 5 aliphatic rings. The highest BCUT2D eigenvalue weighted by atomic mass is 35.5.